The number of rotatable bonds is 6. The first kappa shape index (κ1) is 40.1. The molecule has 3 saturated carbocycles. The molecule has 2 atom stereocenters. The van der Waals surface area contributed by atoms with Gasteiger partial charge in [-0.3, -0.25) is 0 Å². The smallest absolute Gasteiger partial charge is 0.118 e. The standard InChI is InChI=1S/C44H61Cl2N2P.Ru/c1-29(2)19-20-38-40(39(45)21-22-44(38,46)49(36-15-11-9-12-16-36)37-17-13-10-14-18-37)43-47(41-32(5)25-30(3)26-33(41)6)23-24-48(43)42-34(7)27-31(4)28-35(42)8;/h19-20,25-28,36-37,39H,9-18,21-24H2,1-8H3;. The zero-order valence-electron chi connectivity index (χ0n) is 32.0. The first-order valence-corrected chi connectivity index (χ1v) is 21.6. The van der Waals surface area contributed by atoms with E-state index in [1.165, 1.54) is 132 Å². The Morgan fingerprint density at radius 2 is 1.12 bits per heavy atom. The number of halogens is 2. The van der Waals surface area contributed by atoms with Crippen molar-refractivity contribution in [3.05, 3.63) is 92.3 Å². The van der Waals surface area contributed by atoms with Gasteiger partial charge >= 0.3 is 0 Å². The maximum absolute atomic E-state index is 8.55. The van der Waals surface area contributed by atoms with E-state index in [1.807, 2.05) is 0 Å². The molecule has 6 heteroatoms. The number of anilines is 2. The van der Waals surface area contributed by atoms with Crippen LogP contribution in [-0.2, 0) is 19.5 Å². The third kappa shape index (κ3) is 8.03. The summed E-state index contributed by atoms with van der Waals surface area (Å²) >= 11 is 16.3. The van der Waals surface area contributed by atoms with E-state index in [0.717, 1.165) is 37.2 Å². The molecule has 2 nitrogen and oxygen atoms in total. The molecule has 0 radical (unpaired) electrons. The van der Waals surface area contributed by atoms with Gasteiger partial charge in [0.05, 0.1) is 9.99 Å². The van der Waals surface area contributed by atoms with Crippen LogP contribution < -0.4 is 9.80 Å². The van der Waals surface area contributed by atoms with Crippen molar-refractivity contribution in [3.63, 3.8) is 0 Å². The Kier molecular flexibility index (Phi) is 13.6. The fourth-order valence-electron chi connectivity index (χ4n) is 10.0. The molecule has 1 heterocycles. The molecular weight excluding hydrogens is 759 g/mol. The molecule has 0 aromatic heterocycles. The SMILES string of the molecule is CC(C)=CC=C1C(=C2N(c3c(C)cc(C)cc3C)CCN2c2c(C)cc(C)cc2C)C(Cl)CCC1(Cl)P(C1CCCCC1)C1CCCCC1.[Ru]. The van der Waals surface area contributed by atoms with Crippen molar-refractivity contribution in [2.45, 2.75) is 154 Å². The van der Waals surface area contributed by atoms with Gasteiger partial charge in [0.2, 0.25) is 0 Å². The molecule has 1 saturated heterocycles. The number of hydrogen-bond donors (Lipinski definition) is 0. The fourth-order valence-corrected chi connectivity index (χ4v) is 15.9. The van der Waals surface area contributed by atoms with E-state index in [0.29, 0.717) is 0 Å². The average molecular weight is 821 g/mol. The number of nitrogens with zero attached hydrogens (tertiary/aromatic N) is 2. The minimum atomic E-state index is -0.460. The first-order valence-electron chi connectivity index (χ1n) is 19.3. The van der Waals surface area contributed by atoms with Gasteiger partial charge in [-0.1, -0.05) is 99.6 Å². The maximum Gasteiger partial charge on any atom is 0.118 e. The summed E-state index contributed by atoms with van der Waals surface area (Å²) in [5.41, 5.74) is 16.0. The van der Waals surface area contributed by atoms with E-state index >= 15 is 0 Å². The van der Waals surface area contributed by atoms with Gasteiger partial charge in [-0.15, -0.1) is 23.2 Å². The summed E-state index contributed by atoms with van der Waals surface area (Å²) in [6.45, 7) is 19.9. The van der Waals surface area contributed by atoms with Gasteiger partial charge in [0.15, 0.2) is 0 Å². The second kappa shape index (κ2) is 16.9. The zero-order chi connectivity index (χ0) is 35.0. The zero-order valence-corrected chi connectivity index (χ0v) is 36.2. The number of allylic oxidation sites excluding steroid dienone is 5. The molecule has 4 fully saturated rings. The van der Waals surface area contributed by atoms with Crippen molar-refractivity contribution >= 4 is 42.5 Å². The van der Waals surface area contributed by atoms with Crippen LogP contribution >= 0.6 is 31.1 Å². The first-order chi connectivity index (χ1) is 23.4. The Balaban J connectivity index is 0.00000486. The topological polar surface area (TPSA) is 6.48 Å². The Labute approximate surface area is 329 Å². The number of alkyl halides is 2. The molecule has 2 aromatic carbocycles. The Hall–Kier alpha value is -1.11. The van der Waals surface area contributed by atoms with Crippen molar-refractivity contribution in [1.29, 1.82) is 0 Å². The Morgan fingerprint density at radius 1 is 0.700 bits per heavy atom. The largest absolute Gasteiger partial charge is 0.325 e. The van der Waals surface area contributed by atoms with Crippen LogP contribution in [0.25, 0.3) is 0 Å². The Bertz CT molecular complexity index is 1500. The average Bonchev–Trinajstić information content (AvgIpc) is 3.44. The van der Waals surface area contributed by atoms with E-state index < -0.39 is 7.92 Å². The predicted octanol–water partition coefficient (Wildman–Crippen LogP) is 13.4. The number of aryl methyl sites for hydroxylation is 6. The third-order valence-corrected chi connectivity index (χ3v) is 17.1. The Morgan fingerprint density at radius 3 is 1.52 bits per heavy atom. The molecule has 0 spiro atoms. The number of benzene rings is 2. The molecule has 2 aromatic rings. The summed E-state index contributed by atoms with van der Waals surface area (Å²) in [6.07, 6.45) is 20.3. The molecule has 3 aliphatic carbocycles. The predicted molar refractivity (Wildman–Crippen MR) is 219 cm³/mol. The van der Waals surface area contributed by atoms with Crippen LogP contribution in [0.5, 0.6) is 0 Å². The minimum Gasteiger partial charge on any atom is -0.325 e. The molecular formula is C44H61Cl2N2PRu. The molecule has 1 aliphatic heterocycles. The minimum absolute atomic E-state index is 0. The molecule has 4 aliphatic rings. The summed E-state index contributed by atoms with van der Waals surface area (Å²) < 4.78 is -0.381. The van der Waals surface area contributed by atoms with Gasteiger partial charge in [-0.2, -0.15) is 0 Å². The summed E-state index contributed by atoms with van der Waals surface area (Å²) in [4.78, 5) is 5.27. The van der Waals surface area contributed by atoms with Gasteiger partial charge in [0.1, 0.15) is 5.82 Å². The van der Waals surface area contributed by atoms with Crippen LogP contribution in [0, 0.1) is 41.5 Å². The van der Waals surface area contributed by atoms with Crippen molar-refractivity contribution in [3.8, 4) is 0 Å². The fraction of sp³-hybridized carbons (Fsp3) is 0.591. The summed E-state index contributed by atoms with van der Waals surface area (Å²) in [6, 6.07) is 9.41. The van der Waals surface area contributed by atoms with Gasteiger partial charge in [-0.05, 0) is 133 Å². The van der Waals surface area contributed by atoms with E-state index in [1.54, 1.807) is 0 Å². The van der Waals surface area contributed by atoms with Crippen LogP contribution in [0.3, 0.4) is 0 Å². The quantitative estimate of drug-likeness (QED) is 0.163. The third-order valence-electron chi connectivity index (χ3n) is 11.8. The van der Waals surface area contributed by atoms with Crippen molar-refractivity contribution in [2.75, 3.05) is 22.9 Å². The van der Waals surface area contributed by atoms with E-state index in [2.05, 4.69) is 102 Å². The monoisotopic (exact) mass is 820 g/mol. The maximum atomic E-state index is 8.55. The number of hydrogen-bond acceptors (Lipinski definition) is 2. The van der Waals surface area contributed by atoms with Crippen molar-refractivity contribution < 1.29 is 19.5 Å². The molecule has 6 rings (SSSR count). The van der Waals surface area contributed by atoms with Gasteiger partial charge < -0.3 is 9.80 Å². The van der Waals surface area contributed by atoms with Crippen molar-refractivity contribution in [2.24, 2.45) is 0 Å². The second-order valence-corrected chi connectivity index (χ2v) is 20.6. The molecule has 0 N–H and O–H groups in total. The summed E-state index contributed by atoms with van der Waals surface area (Å²) in [5.74, 6) is 1.27. The molecule has 274 valence electrons. The molecule has 50 heavy (non-hydrogen) atoms. The normalized spacial score (nSPS) is 24.7. The molecule has 0 amide bonds. The van der Waals surface area contributed by atoms with Crippen molar-refractivity contribution in [1.82, 2.24) is 0 Å². The molecule has 2 unspecified atom stereocenters. The van der Waals surface area contributed by atoms with Crippen LogP contribution in [0.15, 0.2) is 59.0 Å². The van der Waals surface area contributed by atoms with Crippen LogP contribution in [0.1, 0.15) is 124 Å². The summed E-state index contributed by atoms with van der Waals surface area (Å²) in [5, 5.41) is -0.103. The van der Waals surface area contributed by atoms with Gasteiger partial charge in [0.25, 0.3) is 0 Å². The van der Waals surface area contributed by atoms with E-state index in [4.69, 9.17) is 23.2 Å². The van der Waals surface area contributed by atoms with Gasteiger partial charge in [0, 0.05) is 49.5 Å². The summed E-state index contributed by atoms with van der Waals surface area (Å²) in [7, 11) is -0.460. The van der Waals surface area contributed by atoms with Crippen LogP contribution in [-0.4, -0.2) is 34.4 Å². The van der Waals surface area contributed by atoms with Crippen LogP contribution in [0.4, 0.5) is 11.4 Å². The van der Waals surface area contributed by atoms with E-state index in [9.17, 15) is 0 Å². The van der Waals surface area contributed by atoms with Crippen LogP contribution in [0.2, 0.25) is 0 Å². The van der Waals surface area contributed by atoms with Gasteiger partial charge in [-0.25, -0.2) is 0 Å². The second-order valence-electron chi connectivity index (χ2n) is 16.1. The van der Waals surface area contributed by atoms with E-state index in [-0.39, 0.29) is 29.5 Å². The molecule has 0 bridgehead atoms.